The lowest BCUT2D eigenvalue weighted by atomic mass is 10.1. The van der Waals surface area contributed by atoms with Crippen molar-refractivity contribution in [3.8, 4) is 0 Å². The van der Waals surface area contributed by atoms with Crippen LogP contribution in [0.3, 0.4) is 0 Å². The van der Waals surface area contributed by atoms with Crippen LogP contribution in [0.5, 0.6) is 0 Å². The van der Waals surface area contributed by atoms with E-state index in [4.69, 9.17) is 0 Å². The van der Waals surface area contributed by atoms with Gasteiger partial charge in [-0.25, -0.2) is 5.43 Å². The Morgan fingerprint density at radius 1 is 1.20 bits per heavy atom. The van der Waals surface area contributed by atoms with Gasteiger partial charge in [0, 0.05) is 16.6 Å². The number of nitrogens with zero attached hydrogens (tertiary/aromatic N) is 2. The summed E-state index contributed by atoms with van der Waals surface area (Å²) in [6.45, 7) is 2.11. The molecule has 0 saturated heterocycles. The minimum Gasteiger partial charge on any atom is -0.266 e. The van der Waals surface area contributed by atoms with Crippen LogP contribution in [0.25, 0.3) is 0 Å². The molecular weight excluding hydrogens is 318 g/mol. The number of carbonyl (C=O) groups is 1. The molecule has 1 N–H and O–H groups in total. The molecule has 0 spiro atoms. The van der Waals surface area contributed by atoms with E-state index < -0.39 is 0 Å². The molecule has 0 unspecified atom stereocenters. The van der Waals surface area contributed by atoms with Gasteiger partial charge in [0.25, 0.3) is 0 Å². The number of carbonyl (C=O) groups excluding carboxylic acids is 1. The molecule has 102 valence electrons. The Morgan fingerprint density at radius 2 is 1.85 bits per heavy atom. The summed E-state index contributed by atoms with van der Waals surface area (Å²) in [7, 11) is 0. The first kappa shape index (κ1) is 14.4. The van der Waals surface area contributed by atoms with Crippen LogP contribution in [0.1, 0.15) is 12.5 Å². The number of hydrazone groups is 1. The second-order valence-corrected chi connectivity index (χ2v) is 5.20. The van der Waals surface area contributed by atoms with Crippen molar-refractivity contribution in [3.63, 3.8) is 0 Å². The zero-order valence-corrected chi connectivity index (χ0v) is 12.7. The Bertz CT molecular complexity index is 609. The van der Waals surface area contributed by atoms with Gasteiger partial charge < -0.3 is 0 Å². The molecule has 0 radical (unpaired) electrons. The van der Waals surface area contributed by atoms with Crippen molar-refractivity contribution in [2.75, 3.05) is 0 Å². The maximum Gasteiger partial charge on any atom is 0.305 e. The second-order valence-electron chi connectivity index (χ2n) is 4.29. The summed E-state index contributed by atoms with van der Waals surface area (Å²) in [4.78, 5) is 11.8. The largest absolute Gasteiger partial charge is 0.305 e. The molecule has 20 heavy (non-hydrogen) atoms. The van der Waals surface area contributed by atoms with Gasteiger partial charge in [0.2, 0.25) is 6.54 Å². The lowest BCUT2D eigenvalue weighted by Crippen LogP contribution is -2.41. The third-order valence-electron chi connectivity index (χ3n) is 2.71. The van der Waals surface area contributed by atoms with Crippen molar-refractivity contribution < 1.29 is 9.36 Å². The Labute approximate surface area is 126 Å². The fraction of sp³-hybridized carbons (Fsp3) is 0.133. The van der Waals surface area contributed by atoms with Gasteiger partial charge in [-0.1, -0.05) is 34.1 Å². The van der Waals surface area contributed by atoms with Crippen molar-refractivity contribution in [1.82, 2.24) is 5.43 Å². The first-order chi connectivity index (χ1) is 9.65. The molecular formula is C15H15BrN3O+. The molecule has 0 atom stereocenters. The summed E-state index contributed by atoms with van der Waals surface area (Å²) >= 11 is 3.38. The van der Waals surface area contributed by atoms with Gasteiger partial charge in [0.15, 0.2) is 12.4 Å². The maximum absolute atomic E-state index is 11.8. The number of rotatable bonds is 4. The number of hydrogen-bond acceptors (Lipinski definition) is 2. The highest BCUT2D eigenvalue weighted by molar-refractivity contribution is 9.10. The van der Waals surface area contributed by atoms with Crippen LogP contribution in [-0.2, 0) is 11.3 Å². The fourth-order valence-corrected chi connectivity index (χ4v) is 1.91. The number of hydrogen-bond donors (Lipinski definition) is 1. The molecule has 0 aliphatic heterocycles. The lowest BCUT2D eigenvalue weighted by molar-refractivity contribution is -0.684. The Hall–Kier alpha value is -2.01. The summed E-state index contributed by atoms with van der Waals surface area (Å²) in [5, 5.41) is 4.11. The molecule has 0 fully saturated rings. The number of pyridine rings is 1. The molecule has 5 heteroatoms. The summed E-state index contributed by atoms with van der Waals surface area (Å²) < 4.78 is 2.80. The van der Waals surface area contributed by atoms with E-state index in [1.165, 1.54) is 0 Å². The quantitative estimate of drug-likeness (QED) is 0.521. The molecule has 0 saturated carbocycles. The predicted molar refractivity (Wildman–Crippen MR) is 81.1 cm³/mol. The molecule has 1 amide bonds. The number of amides is 1. The Morgan fingerprint density at radius 3 is 2.50 bits per heavy atom. The highest BCUT2D eigenvalue weighted by Gasteiger charge is 2.07. The first-order valence-electron chi connectivity index (χ1n) is 6.18. The highest BCUT2D eigenvalue weighted by atomic mass is 79.9. The van der Waals surface area contributed by atoms with Gasteiger partial charge in [0.05, 0.1) is 5.71 Å². The van der Waals surface area contributed by atoms with E-state index in [0.29, 0.717) is 0 Å². The molecule has 0 aliphatic carbocycles. The Kier molecular flexibility index (Phi) is 5.01. The molecule has 1 aromatic carbocycles. The van der Waals surface area contributed by atoms with Gasteiger partial charge >= 0.3 is 5.91 Å². The van der Waals surface area contributed by atoms with Crippen LogP contribution < -0.4 is 9.99 Å². The normalized spacial score (nSPS) is 11.2. The van der Waals surface area contributed by atoms with Crippen LogP contribution in [-0.4, -0.2) is 11.6 Å². The molecule has 2 rings (SSSR count). The van der Waals surface area contributed by atoms with Gasteiger partial charge in [-0.2, -0.15) is 9.67 Å². The second kappa shape index (κ2) is 6.96. The van der Waals surface area contributed by atoms with Crippen molar-refractivity contribution in [2.45, 2.75) is 13.5 Å². The van der Waals surface area contributed by atoms with Gasteiger partial charge in [-0.05, 0) is 24.6 Å². The minimum absolute atomic E-state index is 0.155. The van der Waals surface area contributed by atoms with E-state index in [9.17, 15) is 4.79 Å². The summed E-state index contributed by atoms with van der Waals surface area (Å²) in [6.07, 6.45) is 3.68. The number of halogens is 1. The SMILES string of the molecule is C/C(=N\NC(=O)C[n+]1ccccc1)c1ccc(Br)cc1. The monoisotopic (exact) mass is 332 g/mol. The van der Waals surface area contributed by atoms with Gasteiger partial charge in [0.1, 0.15) is 0 Å². The maximum atomic E-state index is 11.8. The average Bonchev–Trinajstić information content (AvgIpc) is 2.46. The third kappa shape index (κ3) is 4.28. The van der Waals surface area contributed by atoms with E-state index in [0.717, 1.165) is 15.7 Å². The van der Waals surface area contributed by atoms with Crippen LogP contribution >= 0.6 is 15.9 Å². The molecule has 2 aromatic rings. The van der Waals surface area contributed by atoms with Crippen molar-refractivity contribution in [2.24, 2.45) is 5.10 Å². The molecule has 4 nitrogen and oxygen atoms in total. The topological polar surface area (TPSA) is 45.3 Å². The van der Waals surface area contributed by atoms with E-state index >= 15 is 0 Å². The number of nitrogens with one attached hydrogen (secondary N) is 1. The van der Waals surface area contributed by atoms with Crippen molar-refractivity contribution in [1.29, 1.82) is 0 Å². The summed E-state index contributed by atoms with van der Waals surface area (Å²) in [5.41, 5.74) is 4.30. The zero-order chi connectivity index (χ0) is 14.4. The van der Waals surface area contributed by atoms with Crippen LogP contribution in [0, 0.1) is 0 Å². The van der Waals surface area contributed by atoms with Gasteiger partial charge in [-0.15, -0.1) is 0 Å². The van der Waals surface area contributed by atoms with E-state index in [2.05, 4.69) is 26.5 Å². The van der Waals surface area contributed by atoms with Crippen LogP contribution in [0.15, 0.2) is 64.4 Å². The van der Waals surface area contributed by atoms with Gasteiger partial charge in [-0.3, -0.25) is 4.79 Å². The lowest BCUT2D eigenvalue weighted by Gasteiger charge is -2.02. The summed E-state index contributed by atoms with van der Waals surface area (Å²) in [6, 6.07) is 13.4. The van der Waals surface area contributed by atoms with E-state index in [1.807, 2.05) is 61.8 Å². The predicted octanol–water partition coefficient (Wildman–Crippen LogP) is 2.28. The molecule has 1 heterocycles. The summed E-state index contributed by atoms with van der Waals surface area (Å²) in [5.74, 6) is -0.155. The minimum atomic E-state index is -0.155. The third-order valence-corrected chi connectivity index (χ3v) is 3.24. The number of benzene rings is 1. The standard InChI is InChI=1S/C15H14BrN3O/c1-12(13-5-7-14(16)8-6-13)17-18-15(20)11-19-9-3-2-4-10-19/h2-10H,11H2,1H3/p+1/b17-12+. The zero-order valence-electron chi connectivity index (χ0n) is 11.1. The average molecular weight is 333 g/mol. The fourth-order valence-electron chi connectivity index (χ4n) is 1.64. The smallest absolute Gasteiger partial charge is 0.266 e. The van der Waals surface area contributed by atoms with E-state index in [-0.39, 0.29) is 12.5 Å². The van der Waals surface area contributed by atoms with Crippen LogP contribution in [0.2, 0.25) is 0 Å². The number of aromatic nitrogens is 1. The van der Waals surface area contributed by atoms with Crippen molar-refractivity contribution >= 4 is 27.5 Å². The van der Waals surface area contributed by atoms with E-state index in [1.54, 1.807) is 4.57 Å². The van der Waals surface area contributed by atoms with Crippen molar-refractivity contribution in [3.05, 3.63) is 64.9 Å². The molecule has 0 aliphatic rings. The van der Waals surface area contributed by atoms with Crippen LogP contribution in [0.4, 0.5) is 0 Å². The Balaban J connectivity index is 1.95. The molecule has 0 bridgehead atoms. The molecule has 1 aromatic heterocycles. The highest BCUT2D eigenvalue weighted by Crippen LogP contribution is 2.10. The first-order valence-corrected chi connectivity index (χ1v) is 6.97.